The van der Waals surface area contributed by atoms with Gasteiger partial charge in [-0.25, -0.2) is 0 Å². The minimum Gasteiger partial charge on any atom is -0.428 e. The maximum absolute atomic E-state index is 5.97. The van der Waals surface area contributed by atoms with Gasteiger partial charge in [-0.3, -0.25) is 0 Å². The Balaban J connectivity index is 2.25. The van der Waals surface area contributed by atoms with Gasteiger partial charge in [-0.2, -0.15) is 0 Å². The molecule has 0 fully saturated rings. The molecule has 0 atom stereocenters. The standard InChI is InChI=1S/C9H6Cl2N2O/c10-7-2-1-6(8(11)4-7)3-9-13-12-5-14-9/h1-2,4-5H,3H2. The maximum Gasteiger partial charge on any atom is 0.220 e. The van der Waals surface area contributed by atoms with E-state index in [1.165, 1.54) is 6.39 Å². The summed E-state index contributed by atoms with van der Waals surface area (Å²) < 4.78 is 5.01. The summed E-state index contributed by atoms with van der Waals surface area (Å²) in [6, 6.07) is 5.31. The van der Waals surface area contributed by atoms with E-state index in [4.69, 9.17) is 27.6 Å². The Hall–Kier alpha value is -1.06. The fraction of sp³-hybridized carbons (Fsp3) is 0.111. The van der Waals surface area contributed by atoms with Gasteiger partial charge in [-0.1, -0.05) is 29.3 Å². The molecule has 72 valence electrons. The molecule has 1 aromatic heterocycles. The fourth-order valence-corrected chi connectivity index (χ4v) is 1.58. The third-order valence-electron chi connectivity index (χ3n) is 1.76. The number of halogens is 2. The highest BCUT2D eigenvalue weighted by molar-refractivity contribution is 6.35. The van der Waals surface area contributed by atoms with Crippen molar-refractivity contribution in [1.29, 1.82) is 0 Å². The Labute approximate surface area is 90.7 Å². The smallest absolute Gasteiger partial charge is 0.220 e. The van der Waals surface area contributed by atoms with Crippen LogP contribution in [-0.4, -0.2) is 10.2 Å². The zero-order chi connectivity index (χ0) is 9.97. The van der Waals surface area contributed by atoms with Gasteiger partial charge in [0, 0.05) is 10.0 Å². The third kappa shape index (κ3) is 2.05. The van der Waals surface area contributed by atoms with E-state index in [-0.39, 0.29) is 0 Å². The summed E-state index contributed by atoms with van der Waals surface area (Å²) in [5.41, 5.74) is 0.917. The number of hydrogen-bond acceptors (Lipinski definition) is 3. The molecule has 0 unspecified atom stereocenters. The van der Waals surface area contributed by atoms with Crippen molar-refractivity contribution in [2.45, 2.75) is 6.42 Å². The van der Waals surface area contributed by atoms with Gasteiger partial charge in [0.15, 0.2) is 0 Å². The Kier molecular flexibility index (Phi) is 2.70. The largest absolute Gasteiger partial charge is 0.428 e. The summed E-state index contributed by atoms with van der Waals surface area (Å²) in [4.78, 5) is 0. The number of rotatable bonds is 2. The second kappa shape index (κ2) is 3.98. The highest BCUT2D eigenvalue weighted by Crippen LogP contribution is 2.22. The second-order valence-electron chi connectivity index (χ2n) is 2.74. The first-order chi connectivity index (χ1) is 6.75. The van der Waals surface area contributed by atoms with Crippen LogP contribution in [0.2, 0.25) is 10.0 Å². The highest BCUT2D eigenvalue weighted by atomic mass is 35.5. The minimum absolute atomic E-state index is 0.524. The third-order valence-corrected chi connectivity index (χ3v) is 2.35. The van der Waals surface area contributed by atoms with Crippen molar-refractivity contribution in [3.8, 4) is 0 Å². The first-order valence-corrected chi connectivity index (χ1v) is 4.70. The molecule has 1 aromatic carbocycles. The van der Waals surface area contributed by atoms with E-state index in [1.807, 2.05) is 6.07 Å². The van der Waals surface area contributed by atoms with Crippen LogP contribution in [0.5, 0.6) is 0 Å². The molecule has 2 aromatic rings. The topological polar surface area (TPSA) is 38.9 Å². The minimum atomic E-state index is 0.524. The van der Waals surface area contributed by atoms with E-state index in [2.05, 4.69) is 10.2 Å². The van der Waals surface area contributed by atoms with Gasteiger partial charge in [-0.15, -0.1) is 10.2 Å². The van der Waals surface area contributed by atoms with Gasteiger partial charge in [0.1, 0.15) is 0 Å². The molecular formula is C9H6Cl2N2O. The van der Waals surface area contributed by atoms with Crippen LogP contribution in [0.3, 0.4) is 0 Å². The lowest BCUT2D eigenvalue weighted by Gasteiger charge is -2.00. The van der Waals surface area contributed by atoms with Gasteiger partial charge in [-0.05, 0) is 17.7 Å². The van der Waals surface area contributed by atoms with Gasteiger partial charge < -0.3 is 4.42 Å². The normalized spacial score (nSPS) is 10.4. The molecule has 0 saturated heterocycles. The molecule has 0 aliphatic rings. The van der Waals surface area contributed by atoms with Crippen LogP contribution in [0.1, 0.15) is 11.5 Å². The van der Waals surface area contributed by atoms with Crippen molar-refractivity contribution >= 4 is 23.2 Å². The predicted octanol–water partition coefficient (Wildman–Crippen LogP) is 2.97. The fourth-order valence-electron chi connectivity index (χ4n) is 1.10. The summed E-state index contributed by atoms with van der Waals surface area (Å²) in [5, 5.41) is 8.57. The first kappa shape index (κ1) is 9.49. The van der Waals surface area contributed by atoms with E-state index in [0.717, 1.165) is 5.56 Å². The Morgan fingerprint density at radius 2 is 2.14 bits per heavy atom. The number of hydrogen-bond donors (Lipinski definition) is 0. The summed E-state index contributed by atoms with van der Waals surface area (Å²) in [5.74, 6) is 0.536. The van der Waals surface area contributed by atoms with Crippen molar-refractivity contribution < 1.29 is 4.42 Å². The molecule has 0 spiro atoms. The zero-order valence-electron chi connectivity index (χ0n) is 7.08. The summed E-state index contributed by atoms with van der Waals surface area (Å²) in [6.45, 7) is 0. The molecule has 1 heterocycles. The molecule has 0 bridgehead atoms. The molecule has 0 amide bonds. The van der Waals surface area contributed by atoms with Crippen LogP contribution in [-0.2, 0) is 6.42 Å². The molecule has 14 heavy (non-hydrogen) atoms. The molecule has 0 aliphatic carbocycles. The zero-order valence-corrected chi connectivity index (χ0v) is 8.59. The average molecular weight is 229 g/mol. The monoisotopic (exact) mass is 228 g/mol. The van der Waals surface area contributed by atoms with Crippen molar-refractivity contribution in [3.05, 3.63) is 46.1 Å². The number of nitrogens with zero attached hydrogens (tertiary/aromatic N) is 2. The SMILES string of the molecule is Clc1ccc(Cc2nnco2)c(Cl)c1. The molecule has 3 nitrogen and oxygen atoms in total. The molecule has 0 aliphatic heterocycles. The van der Waals surface area contributed by atoms with E-state index in [9.17, 15) is 0 Å². The van der Waals surface area contributed by atoms with Crippen molar-refractivity contribution in [1.82, 2.24) is 10.2 Å². The van der Waals surface area contributed by atoms with Crippen LogP contribution >= 0.6 is 23.2 Å². The van der Waals surface area contributed by atoms with E-state index < -0.39 is 0 Å². The molecule has 5 heteroatoms. The van der Waals surface area contributed by atoms with Gasteiger partial charge in [0.25, 0.3) is 0 Å². The Morgan fingerprint density at radius 1 is 1.29 bits per heavy atom. The van der Waals surface area contributed by atoms with Gasteiger partial charge >= 0.3 is 0 Å². The Morgan fingerprint density at radius 3 is 2.79 bits per heavy atom. The quantitative estimate of drug-likeness (QED) is 0.794. The lowest BCUT2D eigenvalue weighted by molar-refractivity contribution is 0.505. The van der Waals surface area contributed by atoms with E-state index >= 15 is 0 Å². The molecule has 0 saturated carbocycles. The van der Waals surface area contributed by atoms with E-state index in [1.54, 1.807) is 12.1 Å². The van der Waals surface area contributed by atoms with E-state index in [0.29, 0.717) is 22.4 Å². The lowest BCUT2D eigenvalue weighted by Crippen LogP contribution is -1.89. The van der Waals surface area contributed by atoms with Crippen molar-refractivity contribution in [2.75, 3.05) is 0 Å². The van der Waals surface area contributed by atoms with Crippen molar-refractivity contribution in [3.63, 3.8) is 0 Å². The summed E-state index contributed by atoms with van der Waals surface area (Å²) in [7, 11) is 0. The number of aromatic nitrogens is 2. The highest BCUT2D eigenvalue weighted by Gasteiger charge is 2.05. The molecular weight excluding hydrogens is 223 g/mol. The van der Waals surface area contributed by atoms with Crippen LogP contribution in [0.15, 0.2) is 29.0 Å². The number of benzene rings is 1. The van der Waals surface area contributed by atoms with Gasteiger partial charge in [0.2, 0.25) is 12.3 Å². The molecule has 0 N–H and O–H groups in total. The average Bonchev–Trinajstić information content (AvgIpc) is 2.62. The first-order valence-electron chi connectivity index (χ1n) is 3.94. The Bertz CT molecular complexity index is 428. The van der Waals surface area contributed by atoms with Crippen LogP contribution in [0.25, 0.3) is 0 Å². The summed E-state index contributed by atoms with van der Waals surface area (Å²) >= 11 is 11.7. The molecule has 0 radical (unpaired) electrons. The summed E-state index contributed by atoms with van der Waals surface area (Å²) in [6.07, 6.45) is 1.81. The lowest BCUT2D eigenvalue weighted by atomic mass is 10.1. The van der Waals surface area contributed by atoms with Crippen LogP contribution < -0.4 is 0 Å². The maximum atomic E-state index is 5.97. The van der Waals surface area contributed by atoms with Crippen LogP contribution in [0.4, 0.5) is 0 Å². The molecule has 2 rings (SSSR count). The van der Waals surface area contributed by atoms with Gasteiger partial charge in [0.05, 0.1) is 6.42 Å². The second-order valence-corrected chi connectivity index (χ2v) is 3.59. The predicted molar refractivity (Wildman–Crippen MR) is 53.6 cm³/mol. The van der Waals surface area contributed by atoms with Crippen molar-refractivity contribution in [2.24, 2.45) is 0 Å². The van der Waals surface area contributed by atoms with Crippen LogP contribution in [0, 0.1) is 0 Å².